The largest absolute Gasteiger partial charge is 0.465 e. The number of ether oxygens (including phenoxy) is 1. The van der Waals surface area contributed by atoms with Crippen molar-refractivity contribution in [2.75, 3.05) is 20.2 Å². The maximum Gasteiger partial charge on any atom is 0.348 e. The zero-order valence-electron chi connectivity index (χ0n) is 16.2. The van der Waals surface area contributed by atoms with Crippen molar-refractivity contribution in [1.82, 2.24) is 4.90 Å². The van der Waals surface area contributed by atoms with E-state index >= 15 is 0 Å². The lowest BCUT2D eigenvalue weighted by molar-refractivity contribution is -0.127. The van der Waals surface area contributed by atoms with Gasteiger partial charge in [-0.05, 0) is 55.2 Å². The Balaban J connectivity index is 0.000000209. The number of amides is 1. The molecule has 1 amide bonds. The average Bonchev–Trinajstić information content (AvgIpc) is 3.28. The van der Waals surface area contributed by atoms with Crippen LogP contribution in [0.2, 0.25) is 10.0 Å². The van der Waals surface area contributed by atoms with E-state index < -0.39 is 0 Å². The Hall–Kier alpha value is -1.56. The second-order valence-corrected chi connectivity index (χ2v) is 8.56. The molecular formula is C21H25Cl2NO3S. The Morgan fingerprint density at radius 3 is 2.46 bits per heavy atom. The van der Waals surface area contributed by atoms with Crippen LogP contribution < -0.4 is 0 Å². The number of rotatable bonds is 6. The van der Waals surface area contributed by atoms with Crippen molar-refractivity contribution in [3.05, 3.63) is 55.7 Å². The lowest BCUT2D eigenvalue weighted by Crippen LogP contribution is -2.26. The van der Waals surface area contributed by atoms with Crippen LogP contribution in [0.1, 0.15) is 46.3 Å². The highest BCUT2D eigenvalue weighted by molar-refractivity contribution is 7.13. The minimum atomic E-state index is -0.234. The number of hydrogen-bond acceptors (Lipinski definition) is 4. The van der Waals surface area contributed by atoms with Crippen LogP contribution in [0, 0.1) is 0 Å². The zero-order valence-corrected chi connectivity index (χ0v) is 18.5. The highest BCUT2D eigenvalue weighted by Crippen LogP contribution is 2.20. The molecule has 2 heterocycles. The van der Waals surface area contributed by atoms with Crippen LogP contribution in [-0.2, 0) is 22.4 Å². The van der Waals surface area contributed by atoms with Crippen molar-refractivity contribution in [2.45, 2.75) is 39.0 Å². The number of halogens is 2. The predicted molar refractivity (Wildman–Crippen MR) is 116 cm³/mol. The van der Waals surface area contributed by atoms with Crippen molar-refractivity contribution < 1.29 is 14.3 Å². The van der Waals surface area contributed by atoms with E-state index in [0.717, 1.165) is 44.3 Å². The van der Waals surface area contributed by atoms with Crippen molar-refractivity contribution in [1.29, 1.82) is 0 Å². The maximum absolute atomic E-state index is 11.4. The molecule has 28 heavy (non-hydrogen) atoms. The summed E-state index contributed by atoms with van der Waals surface area (Å²) in [6.45, 7) is 3.76. The third kappa shape index (κ3) is 7.12. The van der Waals surface area contributed by atoms with Gasteiger partial charge in [0.15, 0.2) is 0 Å². The van der Waals surface area contributed by atoms with Gasteiger partial charge in [-0.25, -0.2) is 4.79 Å². The highest BCUT2D eigenvalue weighted by atomic mass is 35.5. The van der Waals surface area contributed by atoms with E-state index in [-0.39, 0.29) is 11.9 Å². The molecule has 1 fully saturated rings. The fourth-order valence-electron chi connectivity index (χ4n) is 2.93. The Labute approximate surface area is 180 Å². The van der Waals surface area contributed by atoms with Gasteiger partial charge in [-0.3, -0.25) is 4.79 Å². The Morgan fingerprint density at radius 1 is 1.18 bits per heavy atom. The molecule has 1 aromatic heterocycles. The molecule has 0 atom stereocenters. The van der Waals surface area contributed by atoms with E-state index in [4.69, 9.17) is 23.2 Å². The van der Waals surface area contributed by atoms with Gasteiger partial charge in [-0.1, -0.05) is 36.5 Å². The monoisotopic (exact) mass is 441 g/mol. The third-order valence-electron chi connectivity index (χ3n) is 4.31. The van der Waals surface area contributed by atoms with Crippen molar-refractivity contribution in [3.63, 3.8) is 0 Å². The van der Waals surface area contributed by atoms with Crippen LogP contribution in [0.5, 0.6) is 0 Å². The molecule has 2 aromatic rings. The molecule has 0 aliphatic carbocycles. The number of benzene rings is 1. The SMILES string of the molecule is CCCc1ccc(C(=O)OC)s1.O=C1CCCN1CCc1cc(Cl)cc(Cl)c1. The number of nitrogens with zero attached hydrogens (tertiary/aromatic N) is 1. The number of carbonyl (C=O) groups is 2. The summed E-state index contributed by atoms with van der Waals surface area (Å²) in [4.78, 5) is 26.3. The summed E-state index contributed by atoms with van der Waals surface area (Å²) in [5.74, 6) is 0.0236. The van der Waals surface area contributed by atoms with Crippen LogP contribution in [0.4, 0.5) is 0 Å². The summed E-state index contributed by atoms with van der Waals surface area (Å²) in [5, 5.41) is 1.30. The van der Waals surface area contributed by atoms with Crippen LogP contribution in [-0.4, -0.2) is 37.0 Å². The van der Waals surface area contributed by atoms with Crippen LogP contribution in [0.15, 0.2) is 30.3 Å². The number of aryl methyl sites for hydroxylation is 1. The lowest BCUT2D eigenvalue weighted by Gasteiger charge is -2.15. The molecule has 0 unspecified atom stereocenters. The molecule has 0 bridgehead atoms. The Morgan fingerprint density at radius 2 is 1.89 bits per heavy atom. The Kier molecular flexibility index (Phi) is 9.29. The first-order valence-corrected chi connectivity index (χ1v) is 10.9. The van der Waals surface area contributed by atoms with Gasteiger partial charge in [-0.15, -0.1) is 11.3 Å². The average molecular weight is 442 g/mol. The number of likely N-dealkylation sites (tertiary alicyclic amines) is 1. The molecular weight excluding hydrogens is 417 g/mol. The molecule has 152 valence electrons. The molecule has 0 spiro atoms. The minimum absolute atomic E-state index is 0.234. The first-order chi connectivity index (χ1) is 13.4. The van der Waals surface area contributed by atoms with Gasteiger partial charge in [-0.2, -0.15) is 0 Å². The number of carbonyl (C=O) groups excluding carboxylic acids is 2. The van der Waals surface area contributed by atoms with Gasteiger partial charge in [0, 0.05) is 34.4 Å². The van der Waals surface area contributed by atoms with Gasteiger partial charge >= 0.3 is 5.97 Å². The topological polar surface area (TPSA) is 46.6 Å². The normalized spacial score (nSPS) is 13.3. The molecule has 1 aliphatic rings. The second kappa shape index (κ2) is 11.4. The molecule has 1 aromatic carbocycles. The van der Waals surface area contributed by atoms with Gasteiger partial charge in [0.25, 0.3) is 0 Å². The fourth-order valence-corrected chi connectivity index (χ4v) is 4.53. The molecule has 0 N–H and O–H groups in total. The van der Waals surface area contributed by atoms with E-state index in [0.29, 0.717) is 21.3 Å². The smallest absolute Gasteiger partial charge is 0.348 e. The van der Waals surface area contributed by atoms with Gasteiger partial charge in [0.1, 0.15) is 4.88 Å². The maximum atomic E-state index is 11.4. The molecule has 0 radical (unpaired) electrons. The number of methoxy groups -OCH3 is 1. The summed E-state index contributed by atoms with van der Waals surface area (Å²) in [6.07, 6.45) is 4.64. The third-order valence-corrected chi connectivity index (χ3v) is 5.87. The summed E-state index contributed by atoms with van der Waals surface area (Å²) in [7, 11) is 1.40. The summed E-state index contributed by atoms with van der Waals surface area (Å²) >= 11 is 13.3. The summed E-state index contributed by atoms with van der Waals surface area (Å²) in [6, 6.07) is 9.32. The number of thiophene rings is 1. The van der Waals surface area contributed by atoms with E-state index in [1.165, 1.54) is 23.3 Å². The van der Waals surface area contributed by atoms with E-state index in [1.807, 2.05) is 29.2 Å². The highest BCUT2D eigenvalue weighted by Gasteiger charge is 2.19. The van der Waals surface area contributed by atoms with Crippen molar-refractivity contribution >= 4 is 46.4 Å². The van der Waals surface area contributed by atoms with Gasteiger partial charge < -0.3 is 9.64 Å². The molecule has 1 aliphatic heterocycles. The quantitative estimate of drug-likeness (QED) is 0.544. The van der Waals surface area contributed by atoms with Crippen molar-refractivity contribution in [3.8, 4) is 0 Å². The second-order valence-electron chi connectivity index (χ2n) is 6.52. The van der Waals surface area contributed by atoms with Crippen molar-refractivity contribution in [2.24, 2.45) is 0 Å². The summed E-state index contributed by atoms with van der Waals surface area (Å²) < 4.78 is 4.60. The first-order valence-electron chi connectivity index (χ1n) is 9.32. The van der Waals surface area contributed by atoms with E-state index in [1.54, 1.807) is 6.07 Å². The van der Waals surface area contributed by atoms with Crippen LogP contribution in [0.3, 0.4) is 0 Å². The Bertz CT molecular complexity index is 786. The van der Waals surface area contributed by atoms with E-state index in [2.05, 4.69) is 11.7 Å². The number of hydrogen-bond donors (Lipinski definition) is 0. The van der Waals surface area contributed by atoms with E-state index in [9.17, 15) is 9.59 Å². The van der Waals surface area contributed by atoms with Gasteiger partial charge in [0.2, 0.25) is 5.91 Å². The fraction of sp³-hybridized carbons (Fsp3) is 0.429. The minimum Gasteiger partial charge on any atom is -0.465 e. The molecule has 1 saturated heterocycles. The zero-order chi connectivity index (χ0) is 20.5. The predicted octanol–water partition coefficient (Wildman–Crippen LogP) is 5.65. The van der Waals surface area contributed by atoms with Crippen LogP contribution in [0.25, 0.3) is 0 Å². The molecule has 0 saturated carbocycles. The summed E-state index contributed by atoms with van der Waals surface area (Å²) in [5.41, 5.74) is 1.08. The number of esters is 1. The molecule has 7 heteroatoms. The standard InChI is InChI=1S/C12H13Cl2NO.C9H12O2S/c13-10-6-9(7-11(14)8-10)3-5-15-4-1-2-12(15)16;1-3-4-7-5-6-8(12-7)9(10)11-2/h6-8H,1-5H2;5-6H,3-4H2,1-2H3. The molecule has 4 nitrogen and oxygen atoms in total. The lowest BCUT2D eigenvalue weighted by atomic mass is 10.1. The first kappa shape index (κ1) is 22.7. The molecule has 3 rings (SSSR count). The van der Waals surface area contributed by atoms with Crippen LogP contribution >= 0.6 is 34.5 Å². The van der Waals surface area contributed by atoms with Gasteiger partial charge in [0.05, 0.1) is 7.11 Å².